The second-order valence-electron chi connectivity index (χ2n) is 4.85. The number of anilines is 1. The van der Waals surface area contributed by atoms with Crippen LogP contribution >= 0.6 is 0 Å². The van der Waals surface area contributed by atoms with Gasteiger partial charge in [0.25, 0.3) is 5.91 Å². The molecule has 3 N–H and O–H groups in total. The van der Waals surface area contributed by atoms with E-state index in [2.05, 4.69) is 5.32 Å². The second-order valence-corrected chi connectivity index (χ2v) is 4.85. The number of aromatic nitrogens is 1. The fourth-order valence-electron chi connectivity index (χ4n) is 2.49. The van der Waals surface area contributed by atoms with Crippen molar-refractivity contribution in [2.24, 2.45) is 0 Å². The van der Waals surface area contributed by atoms with Gasteiger partial charge in [-0.25, -0.2) is 0 Å². The predicted octanol–water partition coefficient (Wildman–Crippen LogP) is 2.77. The van der Waals surface area contributed by atoms with Crippen molar-refractivity contribution in [3.63, 3.8) is 0 Å². The van der Waals surface area contributed by atoms with Crippen molar-refractivity contribution in [3.05, 3.63) is 54.1 Å². The average molecular weight is 283 g/mol. The Kier molecular flexibility index (Phi) is 3.39. The summed E-state index contributed by atoms with van der Waals surface area (Å²) in [5.74, 6) is 0.606. The summed E-state index contributed by atoms with van der Waals surface area (Å²) >= 11 is 0. The number of aryl methyl sites for hydroxylation is 1. The van der Waals surface area contributed by atoms with Gasteiger partial charge in [-0.15, -0.1) is 0 Å². The van der Waals surface area contributed by atoms with Crippen LogP contribution < -0.4 is 11.1 Å². The maximum absolute atomic E-state index is 12.4. The first kappa shape index (κ1) is 13.3. The summed E-state index contributed by atoms with van der Waals surface area (Å²) in [6.07, 6.45) is 1.59. The number of nitrogen functional groups attached to an aromatic ring is 1. The molecule has 5 nitrogen and oxygen atoms in total. The third kappa shape index (κ3) is 2.50. The van der Waals surface area contributed by atoms with Gasteiger partial charge in [0, 0.05) is 23.1 Å². The minimum atomic E-state index is -0.122. The van der Waals surface area contributed by atoms with Crippen molar-refractivity contribution in [2.45, 2.75) is 20.0 Å². The zero-order valence-electron chi connectivity index (χ0n) is 11.8. The average Bonchev–Trinajstić information content (AvgIpc) is 3.11. The van der Waals surface area contributed by atoms with Gasteiger partial charge in [-0.3, -0.25) is 4.79 Å². The van der Waals surface area contributed by atoms with Crippen molar-refractivity contribution in [3.8, 4) is 0 Å². The van der Waals surface area contributed by atoms with E-state index in [-0.39, 0.29) is 5.91 Å². The van der Waals surface area contributed by atoms with Gasteiger partial charge < -0.3 is 20.0 Å². The van der Waals surface area contributed by atoms with Gasteiger partial charge in [-0.1, -0.05) is 0 Å². The van der Waals surface area contributed by atoms with Crippen molar-refractivity contribution in [1.82, 2.24) is 9.88 Å². The van der Waals surface area contributed by atoms with Gasteiger partial charge in [0.05, 0.1) is 12.8 Å². The summed E-state index contributed by atoms with van der Waals surface area (Å²) in [4.78, 5) is 12.4. The van der Waals surface area contributed by atoms with Crippen molar-refractivity contribution >= 4 is 22.5 Å². The number of carbonyl (C=O) groups excluding carboxylic acids is 1. The molecule has 108 valence electrons. The van der Waals surface area contributed by atoms with E-state index in [0.717, 1.165) is 23.2 Å². The van der Waals surface area contributed by atoms with E-state index in [1.54, 1.807) is 12.3 Å². The zero-order valence-corrected chi connectivity index (χ0v) is 11.8. The summed E-state index contributed by atoms with van der Waals surface area (Å²) < 4.78 is 7.19. The molecule has 0 aliphatic rings. The van der Waals surface area contributed by atoms with Crippen LogP contribution in [0.3, 0.4) is 0 Å². The van der Waals surface area contributed by atoms with Crippen LogP contribution in [0.1, 0.15) is 23.2 Å². The number of hydrogen-bond acceptors (Lipinski definition) is 3. The van der Waals surface area contributed by atoms with E-state index in [4.69, 9.17) is 10.2 Å². The number of amides is 1. The maximum Gasteiger partial charge on any atom is 0.268 e. The molecule has 0 bridgehead atoms. The van der Waals surface area contributed by atoms with Crippen LogP contribution in [0.2, 0.25) is 0 Å². The number of benzene rings is 1. The molecule has 0 saturated carbocycles. The maximum atomic E-state index is 12.4. The molecule has 3 aromatic rings. The van der Waals surface area contributed by atoms with E-state index in [0.29, 0.717) is 17.9 Å². The topological polar surface area (TPSA) is 73.2 Å². The molecule has 0 unspecified atom stereocenters. The number of hydrogen-bond donors (Lipinski definition) is 2. The number of nitrogens with two attached hydrogens (primary N) is 1. The van der Waals surface area contributed by atoms with Crippen LogP contribution in [-0.2, 0) is 13.1 Å². The molecular weight excluding hydrogens is 266 g/mol. The Bertz CT molecular complexity index is 772. The van der Waals surface area contributed by atoms with Gasteiger partial charge >= 0.3 is 0 Å². The van der Waals surface area contributed by atoms with Crippen LogP contribution in [0.4, 0.5) is 5.69 Å². The smallest absolute Gasteiger partial charge is 0.268 e. The number of fused-ring (bicyclic) bond motifs is 1. The fourth-order valence-corrected chi connectivity index (χ4v) is 2.49. The minimum Gasteiger partial charge on any atom is -0.467 e. The lowest BCUT2D eigenvalue weighted by atomic mass is 10.2. The third-order valence-corrected chi connectivity index (χ3v) is 3.48. The lowest BCUT2D eigenvalue weighted by Gasteiger charge is -2.08. The van der Waals surface area contributed by atoms with Crippen LogP contribution in [0.5, 0.6) is 0 Å². The number of rotatable bonds is 4. The molecule has 1 aromatic carbocycles. The second kappa shape index (κ2) is 5.36. The fraction of sp³-hybridized carbons (Fsp3) is 0.188. The molecule has 0 aliphatic heterocycles. The highest BCUT2D eigenvalue weighted by atomic mass is 16.3. The van der Waals surface area contributed by atoms with Crippen LogP contribution in [0, 0.1) is 0 Å². The highest BCUT2D eigenvalue weighted by Crippen LogP contribution is 2.22. The van der Waals surface area contributed by atoms with Crippen LogP contribution in [0.15, 0.2) is 47.1 Å². The van der Waals surface area contributed by atoms with E-state index >= 15 is 0 Å². The minimum absolute atomic E-state index is 0.122. The van der Waals surface area contributed by atoms with Gasteiger partial charge in [0.2, 0.25) is 0 Å². The Morgan fingerprint density at radius 1 is 1.33 bits per heavy atom. The van der Waals surface area contributed by atoms with Crippen molar-refractivity contribution in [1.29, 1.82) is 0 Å². The predicted molar refractivity (Wildman–Crippen MR) is 81.9 cm³/mol. The molecule has 0 spiro atoms. The summed E-state index contributed by atoms with van der Waals surface area (Å²) in [7, 11) is 0. The molecule has 0 fully saturated rings. The lowest BCUT2D eigenvalue weighted by molar-refractivity contribution is 0.0939. The Morgan fingerprint density at radius 3 is 2.90 bits per heavy atom. The molecule has 0 aliphatic carbocycles. The standard InChI is InChI=1S/C16H17N3O2/c1-2-19-14-6-5-12(17)8-11(14)9-15(19)16(20)18-10-13-4-3-7-21-13/h3-9H,2,10,17H2,1H3,(H,18,20). The van der Waals surface area contributed by atoms with E-state index < -0.39 is 0 Å². The number of nitrogens with one attached hydrogen (secondary N) is 1. The number of nitrogens with zero attached hydrogens (tertiary/aromatic N) is 1. The Labute approximate surface area is 122 Å². The monoisotopic (exact) mass is 283 g/mol. The van der Waals surface area contributed by atoms with Gasteiger partial charge in [0.1, 0.15) is 11.5 Å². The molecule has 0 saturated heterocycles. The molecule has 2 aromatic heterocycles. The third-order valence-electron chi connectivity index (χ3n) is 3.48. The van der Waals surface area contributed by atoms with E-state index in [9.17, 15) is 4.79 Å². The summed E-state index contributed by atoms with van der Waals surface area (Å²) in [6.45, 7) is 3.11. The largest absolute Gasteiger partial charge is 0.467 e. The molecule has 3 rings (SSSR count). The van der Waals surface area contributed by atoms with Crippen LogP contribution in [-0.4, -0.2) is 10.5 Å². The van der Waals surface area contributed by atoms with E-state index in [1.807, 2.05) is 41.8 Å². The molecule has 2 heterocycles. The summed E-state index contributed by atoms with van der Waals surface area (Å²) in [5.41, 5.74) is 8.13. The Balaban J connectivity index is 1.89. The first-order valence-corrected chi connectivity index (χ1v) is 6.88. The van der Waals surface area contributed by atoms with Crippen LogP contribution in [0.25, 0.3) is 10.9 Å². The summed E-state index contributed by atoms with van der Waals surface area (Å²) in [5, 5.41) is 3.84. The highest BCUT2D eigenvalue weighted by Gasteiger charge is 2.14. The Hall–Kier alpha value is -2.69. The molecule has 21 heavy (non-hydrogen) atoms. The zero-order chi connectivity index (χ0) is 14.8. The van der Waals surface area contributed by atoms with Crippen molar-refractivity contribution < 1.29 is 9.21 Å². The SMILES string of the molecule is CCn1c(C(=O)NCc2ccco2)cc2cc(N)ccc21. The lowest BCUT2D eigenvalue weighted by Crippen LogP contribution is -2.25. The molecule has 0 atom stereocenters. The molecule has 1 amide bonds. The van der Waals surface area contributed by atoms with Gasteiger partial charge in [0.15, 0.2) is 0 Å². The first-order chi connectivity index (χ1) is 10.2. The normalized spacial score (nSPS) is 10.9. The number of carbonyl (C=O) groups is 1. The van der Waals surface area contributed by atoms with Gasteiger partial charge in [-0.2, -0.15) is 0 Å². The quantitative estimate of drug-likeness (QED) is 0.723. The first-order valence-electron chi connectivity index (χ1n) is 6.88. The molecule has 5 heteroatoms. The molecular formula is C16H17N3O2. The van der Waals surface area contributed by atoms with Crippen molar-refractivity contribution in [2.75, 3.05) is 5.73 Å². The Morgan fingerprint density at radius 2 is 2.19 bits per heavy atom. The van der Waals surface area contributed by atoms with Gasteiger partial charge in [-0.05, 0) is 43.3 Å². The summed E-state index contributed by atoms with van der Waals surface area (Å²) in [6, 6.07) is 11.2. The van der Waals surface area contributed by atoms with E-state index in [1.165, 1.54) is 0 Å². The number of furan rings is 1. The highest BCUT2D eigenvalue weighted by molar-refractivity contribution is 5.99. The molecule has 0 radical (unpaired) electrons.